The minimum Gasteiger partial charge on any atom is -0.399 e. The zero-order valence-electron chi connectivity index (χ0n) is 8.83. The van der Waals surface area contributed by atoms with Gasteiger partial charge in [-0.3, -0.25) is 0 Å². The fourth-order valence-electron chi connectivity index (χ4n) is 1.12. The molecule has 1 aromatic rings. The van der Waals surface area contributed by atoms with Gasteiger partial charge < -0.3 is 10.6 Å². The standard InChI is InChI=1S/C11H18N2/c1-11(2,3)13(4)10-7-5-6-9(12)8-10/h5-8H,12H2,1-4H3. The van der Waals surface area contributed by atoms with Gasteiger partial charge in [-0.1, -0.05) is 6.07 Å². The third kappa shape index (κ3) is 2.38. The lowest BCUT2D eigenvalue weighted by molar-refractivity contribution is 0.539. The molecular formula is C11H18N2. The van der Waals surface area contributed by atoms with Crippen LogP contribution >= 0.6 is 0 Å². The summed E-state index contributed by atoms with van der Waals surface area (Å²) in [5, 5.41) is 0. The maximum atomic E-state index is 5.71. The normalized spacial score (nSPS) is 11.4. The molecule has 0 bridgehead atoms. The van der Waals surface area contributed by atoms with Gasteiger partial charge in [0, 0.05) is 24.0 Å². The summed E-state index contributed by atoms with van der Waals surface area (Å²) < 4.78 is 0. The third-order valence-corrected chi connectivity index (χ3v) is 2.26. The van der Waals surface area contributed by atoms with Crippen LogP contribution in [0.3, 0.4) is 0 Å². The largest absolute Gasteiger partial charge is 0.399 e. The molecule has 0 aliphatic rings. The van der Waals surface area contributed by atoms with E-state index < -0.39 is 0 Å². The quantitative estimate of drug-likeness (QED) is 0.669. The SMILES string of the molecule is CN(c1cccc(N)c1)C(C)(C)C. The topological polar surface area (TPSA) is 29.3 Å². The van der Waals surface area contributed by atoms with E-state index in [1.807, 2.05) is 18.2 Å². The molecule has 1 rings (SSSR count). The summed E-state index contributed by atoms with van der Waals surface area (Å²) >= 11 is 0. The lowest BCUT2D eigenvalue weighted by Crippen LogP contribution is -2.37. The molecule has 0 heterocycles. The lowest BCUT2D eigenvalue weighted by Gasteiger charge is -2.34. The van der Waals surface area contributed by atoms with Crippen molar-refractivity contribution in [3.8, 4) is 0 Å². The molecule has 0 radical (unpaired) electrons. The Labute approximate surface area is 80.4 Å². The summed E-state index contributed by atoms with van der Waals surface area (Å²) in [5.74, 6) is 0. The van der Waals surface area contributed by atoms with Crippen LogP contribution in [0.4, 0.5) is 11.4 Å². The average Bonchev–Trinajstić information content (AvgIpc) is 2.01. The Morgan fingerprint density at radius 3 is 2.31 bits per heavy atom. The number of benzene rings is 1. The van der Waals surface area contributed by atoms with E-state index in [4.69, 9.17) is 5.73 Å². The van der Waals surface area contributed by atoms with Crippen LogP contribution in [0.25, 0.3) is 0 Å². The Hall–Kier alpha value is -1.18. The van der Waals surface area contributed by atoms with Gasteiger partial charge in [-0.05, 0) is 39.0 Å². The minimum absolute atomic E-state index is 0.133. The van der Waals surface area contributed by atoms with Crippen LogP contribution in [0.5, 0.6) is 0 Å². The Balaban J connectivity index is 2.96. The maximum Gasteiger partial charge on any atom is 0.0388 e. The summed E-state index contributed by atoms with van der Waals surface area (Å²) in [6, 6.07) is 7.94. The first-order valence-electron chi connectivity index (χ1n) is 4.50. The zero-order chi connectivity index (χ0) is 10.1. The van der Waals surface area contributed by atoms with Crippen molar-refractivity contribution in [2.45, 2.75) is 26.3 Å². The van der Waals surface area contributed by atoms with Gasteiger partial charge in [-0.15, -0.1) is 0 Å². The van der Waals surface area contributed by atoms with Crippen molar-refractivity contribution in [3.05, 3.63) is 24.3 Å². The molecule has 2 N–H and O–H groups in total. The van der Waals surface area contributed by atoms with E-state index in [9.17, 15) is 0 Å². The Morgan fingerprint density at radius 2 is 1.85 bits per heavy atom. The molecular weight excluding hydrogens is 160 g/mol. The van der Waals surface area contributed by atoms with Gasteiger partial charge in [0.25, 0.3) is 0 Å². The van der Waals surface area contributed by atoms with Crippen LogP contribution in [0, 0.1) is 0 Å². The average molecular weight is 178 g/mol. The Kier molecular flexibility index (Phi) is 2.50. The summed E-state index contributed by atoms with van der Waals surface area (Å²) in [7, 11) is 2.08. The van der Waals surface area contributed by atoms with Gasteiger partial charge >= 0.3 is 0 Å². The second kappa shape index (κ2) is 3.29. The van der Waals surface area contributed by atoms with E-state index in [1.165, 1.54) is 0 Å². The predicted octanol–water partition coefficient (Wildman–Crippen LogP) is 2.50. The van der Waals surface area contributed by atoms with Crippen LogP contribution < -0.4 is 10.6 Å². The first kappa shape index (κ1) is 9.90. The number of hydrogen-bond donors (Lipinski definition) is 1. The van der Waals surface area contributed by atoms with Crippen molar-refractivity contribution >= 4 is 11.4 Å². The van der Waals surface area contributed by atoms with E-state index >= 15 is 0 Å². The molecule has 1 aromatic carbocycles. The van der Waals surface area contributed by atoms with Crippen molar-refractivity contribution in [2.24, 2.45) is 0 Å². The summed E-state index contributed by atoms with van der Waals surface area (Å²) in [4.78, 5) is 2.21. The van der Waals surface area contributed by atoms with Crippen molar-refractivity contribution < 1.29 is 0 Å². The highest BCUT2D eigenvalue weighted by molar-refractivity contribution is 5.56. The van der Waals surface area contributed by atoms with Crippen molar-refractivity contribution in [2.75, 3.05) is 17.7 Å². The molecule has 72 valence electrons. The van der Waals surface area contributed by atoms with Gasteiger partial charge in [0.1, 0.15) is 0 Å². The van der Waals surface area contributed by atoms with Crippen LogP contribution in [0.1, 0.15) is 20.8 Å². The molecule has 2 nitrogen and oxygen atoms in total. The van der Waals surface area contributed by atoms with Crippen LogP contribution in [-0.4, -0.2) is 12.6 Å². The summed E-state index contributed by atoms with van der Waals surface area (Å²) in [5.41, 5.74) is 7.82. The molecule has 2 heteroatoms. The number of rotatable bonds is 1. The van der Waals surface area contributed by atoms with Crippen molar-refractivity contribution in [1.82, 2.24) is 0 Å². The number of nitrogens with zero attached hydrogens (tertiary/aromatic N) is 1. The number of anilines is 2. The van der Waals surface area contributed by atoms with E-state index in [2.05, 4.69) is 38.8 Å². The molecule has 0 aliphatic heterocycles. The molecule has 0 saturated carbocycles. The molecule has 0 atom stereocenters. The van der Waals surface area contributed by atoms with E-state index in [0.717, 1.165) is 11.4 Å². The van der Waals surface area contributed by atoms with Gasteiger partial charge in [-0.2, -0.15) is 0 Å². The maximum absolute atomic E-state index is 5.71. The van der Waals surface area contributed by atoms with Gasteiger partial charge in [-0.25, -0.2) is 0 Å². The highest BCUT2D eigenvalue weighted by Gasteiger charge is 2.16. The zero-order valence-corrected chi connectivity index (χ0v) is 8.83. The fraction of sp³-hybridized carbons (Fsp3) is 0.455. The van der Waals surface area contributed by atoms with Gasteiger partial charge in [0.05, 0.1) is 0 Å². The Bertz CT molecular complexity index is 286. The highest BCUT2D eigenvalue weighted by atomic mass is 15.2. The molecule has 0 aromatic heterocycles. The predicted molar refractivity (Wildman–Crippen MR) is 59.0 cm³/mol. The van der Waals surface area contributed by atoms with Crippen LogP contribution in [0.2, 0.25) is 0 Å². The molecule has 0 amide bonds. The van der Waals surface area contributed by atoms with E-state index in [-0.39, 0.29) is 5.54 Å². The molecule has 0 unspecified atom stereocenters. The Morgan fingerprint density at radius 1 is 1.23 bits per heavy atom. The third-order valence-electron chi connectivity index (χ3n) is 2.26. The van der Waals surface area contributed by atoms with Crippen LogP contribution in [-0.2, 0) is 0 Å². The molecule has 0 aliphatic carbocycles. The van der Waals surface area contributed by atoms with Gasteiger partial charge in [0.15, 0.2) is 0 Å². The van der Waals surface area contributed by atoms with E-state index in [1.54, 1.807) is 0 Å². The van der Waals surface area contributed by atoms with Crippen LogP contribution in [0.15, 0.2) is 24.3 Å². The van der Waals surface area contributed by atoms with Crippen molar-refractivity contribution in [3.63, 3.8) is 0 Å². The number of nitrogen functional groups attached to an aromatic ring is 1. The molecule has 13 heavy (non-hydrogen) atoms. The lowest BCUT2D eigenvalue weighted by atomic mass is 10.1. The molecule has 0 saturated heterocycles. The van der Waals surface area contributed by atoms with Crippen molar-refractivity contribution in [1.29, 1.82) is 0 Å². The summed E-state index contributed by atoms with van der Waals surface area (Å²) in [6.07, 6.45) is 0. The van der Waals surface area contributed by atoms with E-state index in [0.29, 0.717) is 0 Å². The smallest absolute Gasteiger partial charge is 0.0388 e. The molecule has 0 spiro atoms. The monoisotopic (exact) mass is 178 g/mol. The second-order valence-corrected chi connectivity index (χ2v) is 4.32. The number of nitrogens with two attached hydrogens (primary N) is 1. The van der Waals surface area contributed by atoms with Gasteiger partial charge in [0.2, 0.25) is 0 Å². The number of hydrogen-bond acceptors (Lipinski definition) is 2. The second-order valence-electron chi connectivity index (χ2n) is 4.32. The molecule has 0 fully saturated rings. The first-order valence-corrected chi connectivity index (χ1v) is 4.50. The minimum atomic E-state index is 0.133. The summed E-state index contributed by atoms with van der Waals surface area (Å²) in [6.45, 7) is 6.53. The first-order chi connectivity index (χ1) is 5.91. The highest BCUT2D eigenvalue weighted by Crippen LogP contribution is 2.23. The fourth-order valence-corrected chi connectivity index (χ4v) is 1.12.